The molecular weight excluding hydrogens is 265 g/mol. The Morgan fingerprint density at radius 3 is 2.62 bits per heavy atom. The van der Waals surface area contributed by atoms with E-state index in [1.165, 1.54) is 24.5 Å². The Morgan fingerprint density at radius 1 is 1.14 bits per heavy atom. The van der Waals surface area contributed by atoms with E-state index in [0.29, 0.717) is 11.6 Å². The third-order valence-electron chi connectivity index (χ3n) is 3.70. The van der Waals surface area contributed by atoms with E-state index in [1.54, 1.807) is 0 Å². The second-order valence-corrected chi connectivity index (χ2v) is 5.68. The van der Waals surface area contributed by atoms with E-state index in [4.69, 9.17) is 4.74 Å². The van der Waals surface area contributed by atoms with E-state index >= 15 is 0 Å². The summed E-state index contributed by atoms with van der Waals surface area (Å²) < 4.78 is 19.5. The third kappa shape index (κ3) is 4.05. The van der Waals surface area contributed by atoms with Crippen LogP contribution in [0.4, 0.5) is 4.39 Å². The molecule has 2 nitrogen and oxygen atoms in total. The second kappa shape index (κ2) is 6.27. The standard InChI is InChI=1S/C18H20FNO/c1-13-2-7-17(8-3-13)21-12-15-10-14(4-9-18(15)19)11-20-16-5-6-16/h2-4,7-10,16,20H,5-6,11-12H2,1H3. The van der Waals surface area contributed by atoms with Crippen LogP contribution in [0.2, 0.25) is 0 Å². The van der Waals surface area contributed by atoms with E-state index < -0.39 is 0 Å². The van der Waals surface area contributed by atoms with Gasteiger partial charge in [0.25, 0.3) is 0 Å². The van der Waals surface area contributed by atoms with Gasteiger partial charge in [-0.1, -0.05) is 23.8 Å². The number of nitrogens with one attached hydrogen (secondary N) is 1. The van der Waals surface area contributed by atoms with Crippen molar-refractivity contribution in [1.29, 1.82) is 0 Å². The van der Waals surface area contributed by atoms with Crippen molar-refractivity contribution in [1.82, 2.24) is 5.32 Å². The Morgan fingerprint density at radius 2 is 1.90 bits per heavy atom. The molecule has 0 aliphatic heterocycles. The van der Waals surface area contributed by atoms with Gasteiger partial charge in [0.1, 0.15) is 18.2 Å². The van der Waals surface area contributed by atoms with E-state index in [2.05, 4.69) is 5.32 Å². The molecule has 0 aromatic heterocycles. The topological polar surface area (TPSA) is 21.3 Å². The van der Waals surface area contributed by atoms with Crippen LogP contribution in [-0.4, -0.2) is 6.04 Å². The number of halogens is 1. The molecule has 1 aliphatic carbocycles. The summed E-state index contributed by atoms with van der Waals surface area (Å²) in [6.45, 7) is 3.08. The van der Waals surface area contributed by atoms with Crippen LogP contribution in [0.25, 0.3) is 0 Å². The number of aryl methyl sites for hydroxylation is 1. The summed E-state index contributed by atoms with van der Waals surface area (Å²) in [5.74, 6) is 0.554. The third-order valence-corrected chi connectivity index (χ3v) is 3.70. The van der Waals surface area contributed by atoms with Crippen molar-refractivity contribution in [2.75, 3.05) is 0 Å². The van der Waals surface area contributed by atoms with Crippen LogP contribution in [0.15, 0.2) is 42.5 Å². The monoisotopic (exact) mass is 285 g/mol. The highest BCUT2D eigenvalue weighted by molar-refractivity contribution is 5.28. The maximum Gasteiger partial charge on any atom is 0.129 e. The summed E-state index contributed by atoms with van der Waals surface area (Å²) in [6.07, 6.45) is 2.51. The normalized spacial score (nSPS) is 14.2. The molecule has 0 bridgehead atoms. The minimum Gasteiger partial charge on any atom is -0.489 e. The van der Waals surface area contributed by atoms with Gasteiger partial charge in [-0.05, 0) is 49.6 Å². The molecule has 21 heavy (non-hydrogen) atoms. The Balaban J connectivity index is 1.62. The first-order chi connectivity index (χ1) is 10.2. The van der Waals surface area contributed by atoms with Crippen molar-refractivity contribution >= 4 is 0 Å². The van der Waals surface area contributed by atoms with Crippen LogP contribution in [0.5, 0.6) is 5.75 Å². The molecule has 1 fully saturated rings. The lowest BCUT2D eigenvalue weighted by atomic mass is 10.1. The zero-order valence-corrected chi connectivity index (χ0v) is 12.2. The average Bonchev–Trinajstić information content (AvgIpc) is 3.31. The van der Waals surface area contributed by atoms with Crippen LogP contribution in [0.1, 0.15) is 29.5 Å². The molecular formula is C18H20FNO. The SMILES string of the molecule is Cc1ccc(OCc2cc(CNC3CC3)ccc2F)cc1. The van der Waals surface area contributed by atoms with Gasteiger partial charge in [-0.2, -0.15) is 0 Å². The Labute approximate surface area is 125 Å². The van der Waals surface area contributed by atoms with Crippen molar-refractivity contribution in [2.45, 2.75) is 39.0 Å². The first-order valence-electron chi connectivity index (χ1n) is 7.41. The zero-order chi connectivity index (χ0) is 14.7. The quantitative estimate of drug-likeness (QED) is 0.867. The molecule has 3 rings (SSSR count). The fourth-order valence-corrected chi connectivity index (χ4v) is 2.19. The lowest BCUT2D eigenvalue weighted by Crippen LogP contribution is -2.15. The summed E-state index contributed by atoms with van der Waals surface area (Å²) in [7, 11) is 0. The van der Waals surface area contributed by atoms with E-state index in [0.717, 1.165) is 17.9 Å². The summed E-state index contributed by atoms with van der Waals surface area (Å²) in [5, 5.41) is 3.44. The van der Waals surface area contributed by atoms with E-state index in [9.17, 15) is 4.39 Å². The first kappa shape index (κ1) is 14.1. The van der Waals surface area contributed by atoms with Crippen LogP contribution in [0, 0.1) is 12.7 Å². The maximum atomic E-state index is 13.8. The van der Waals surface area contributed by atoms with E-state index in [-0.39, 0.29) is 12.4 Å². The van der Waals surface area contributed by atoms with Crippen LogP contribution < -0.4 is 10.1 Å². The maximum absolute atomic E-state index is 13.8. The summed E-state index contributed by atoms with van der Waals surface area (Å²) in [6, 6.07) is 13.7. The fourth-order valence-electron chi connectivity index (χ4n) is 2.19. The Kier molecular flexibility index (Phi) is 4.20. The highest BCUT2D eigenvalue weighted by Crippen LogP contribution is 2.20. The lowest BCUT2D eigenvalue weighted by molar-refractivity contribution is 0.299. The van der Waals surface area contributed by atoms with Gasteiger partial charge < -0.3 is 10.1 Å². The number of hydrogen-bond acceptors (Lipinski definition) is 2. The summed E-state index contributed by atoms with van der Waals surface area (Å²) in [5.41, 5.74) is 2.89. The summed E-state index contributed by atoms with van der Waals surface area (Å²) in [4.78, 5) is 0. The van der Waals surface area contributed by atoms with Crippen molar-refractivity contribution in [3.63, 3.8) is 0 Å². The molecule has 1 N–H and O–H groups in total. The minimum atomic E-state index is -0.211. The summed E-state index contributed by atoms with van der Waals surface area (Å²) >= 11 is 0. The molecule has 2 aromatic carbocycles. The Bertz CT molecular complexity index is 605. The molecule has 2 aromatic rings. The molecule has 0 saturated heterocycles. The van der Waals surface area contributed by atoms with Crippen molar-refractivity contribution in [3.05, 3.63) is 65.0 Å². The number of ether oxygens (including phenoxy) is 1. The van der Waals surface area contributed by atoms with Crippen molar-refractivity contribution in [3.8, 4) is 5.75 Å². The predicted molar refractivity (Wildman–Crippen MR) is 81.8 cm³/mol. The van der Waals surface area contributed by atoms with Crippen molar-refractivity contribution in [2.24, 2.45) is 0 Å². The van der Waals surface area contributed by atoms with Gasteiger partial charge in [0.05, 0.1) is 0 Å². The highest BCUT2D eigenvalue weighted by atomic mass is 19.1. The zero-order valence-electron chi connectivity index (χ0n) is 12.2. The van der Waals surface area contributed by atoms with Gasteiger partial charge in [-0.3, -0.25) is 0 Å². The van der Waals surface area contributed by atoms with Gasteiger partial charge >= 0.3 is 0 Å². The molecule has 3 heteroatoms. The highest BCUT2D eigenvalue weighted by Gasteiger charge is 2.20. The van der Waals surface area contributed by atoms with Gasteiger partial charge in [0.2, 0.25) is 0 Å². The van der Waals surface area contributed by atoms with Crippen molar-refractivity contribution < 1.29 is 9.13 Å². The lowest BCUT2D eigenvalue weighted by Gasteiger charge is -2.10. The second-order valence-electron chi connectivity index (χ2n) is 5.68. The number of hydrogen-bond donors (Lipinski definition) is 1. The molecule has 1 aliphatic rings. The van der Waals surface area contributed by atoms with Gasteiger partial charge in [0, 0.05) is 18.2 Å². The molecule has 1 saturated carbocycles. The van der Waals surface area contributed by atoms with Gasteiger partial charge in [-0.25, -0.2) is 4.39 Å². The molecule has 0 amide bonds. The molecule has 0 unspecified atom stereocenters. The first-order valence-corrected chi connectivity index (χ1v) is 7.41. The van der Waals surface area contributed by atoms with Gasteiger partial charge in [0.15, 0.2) is 0 Å². The number of rotatable bonds is 6. The molecule has 110 valence electrons. The predicted octanol–water partition coefficient (Wildman–Crippen LogP) is 3.97. The van der Waals surface area contributed by atoms with Gasteiger partial charge in [-0.15, -0.1) is 0 Å². The molecule has 0 heterocycles. The molecule has 0 atom stereocenters. The molecule has 0 radical (unpaired) electrons. The number of benzene rings is 2. The van der Waals surface area contributed by atoms with Crippen LogP contribution in [0.3, 0.4) is 0 Å². The largest absolute Gasteiger partial charge is 0.489 e. The molecule has 0 spiro atoms. The minimum absolute atomic E-state index is 0.211. The van der Waals surface area contributed by atoms with Crippen LogP contribution >= 0.6 is 0 Å². The Hall–Kier alpha value is -1.87. The average molecular weight is 285 g/mol. The van der Waals surface area contributed by atoms with E-state index in [1.807, 2.05) is 43.3 Å². The smallest absolute Gasteiger partial charge is 0.129 e. The van der Waals surface area contributed by atoms with Crippen LogP contribution in [-0.2, 0) is 13.2 Å². The fraction of sp³-hybridized carbons (Fsp3) is 0.333.